The second kappa shape index (κ2) is 15.6. The topological polar surface area (TPSA) is 67.9 Å². The van der Waals surface area contributed by atoms with Crippen LogP contribution in [-0.2, 0) is 22.6 Å². The van der Waals surface area contributed by atoms with Crippen molar-refractivity contribution >= 4 is 35.0 Å². The molecule has 1 N–H and O–H groups in total. The van der Waals surface area contributed by atoms with Crippen molar-refractivity contribution in [3.05, 3.63) is 57.6 Å². The summed E-state index contributed by atoms with van der Waals surface area (Å²) in [6.45, 7) is 9.75. The molecule has 0 aliphatic rings. The van der Waals surface area contributed by atoms with Gasteiger partial charge in [-0.1, -0.05) is 55.6 Å². The van der Waals surface area contributed by atoms with Crippen molar-refractivity contribution in [3.8, 4) is 11.5 Å². The standard InChI is InChI=1S/C28H38Cl2N2O4/c1-5-9-16-31-28(34)24(6-2)32(19-21-10-13-22(29)23(30)17-21)27(33)15-12-20-11-14-25(35-7-3)26(18-20)36-8-4/h10-11,13-14,17-18,24H,5-9,12,15-16,19H2,1-4H3,(H,31,34)/t24-/m1/s1. The Morgan fingerprint density at radius 1 is 0.917 bits per heavy atom. The Morgan fingerprint density at radius 3 is 2.25 bits per heavy atom. The number of unbranched alkanes of at least 4 members (excludes halogenated alkanes) is 1. The highest BCUT2D eigenvalue weighted by molar-refractivity contribution is 6.42. The Balaban J connectivity index is 2.23. The summed E-state index contributed by atoms with van der Waals surface area (Å²) in [6.07, 6.45) is 3.14. The first kappa shape index (κ1) is 29.8. The molecule has 2 amide bonds. The van der Waals surface area contributed by atoms with E-state index in [4.69, 9.17) is 32.7 Å². The molecule has 198 valence electrons. The van der Waals surface area contributed by atoms with Crippen LogP contribution in [0.5, 0.6) is 11.5 Å². The lowest BCUT2D eigenvalue weighted by molar-refractivity contribution is -0.141. The van der Waals surface area contributed by atoms with E-state index in [1.807, 2.05) is 45.0 Å². The van der Waals surface area contributed by atoms with Crippen molar-refractivity contribution in [1.29, 1.82) is 0 Å². The number of nitrogens with zero attached hydrogens (tertiary/aromatic N) is 1. The first-order chi connectivity index (χ1) is 17.3. The SMILES string of the molecule is CCCCNC(=O)[C@@H](CC)N(Cc1ccc(Cl)c(Cl)c1)C(=O)CCc1ccc(OCC)c(OCC)c1. The van der Waals surface area contributed by atoms with Gasteiger partial charge in [-0.3, -0.25) is 9.59 Å². The number of carbonyl (C=O) groups is 2. The molecule has 0 heterocycles. The van der Waals surface area contributed by atoms with Crippen molar-refractivity contribution in [2.45, 2.75) is 72.4 Å². The van der Waals surface area contributed by atoms with E-state index in [1.165, 1.54) is 0 Å². The number of benzene rings is 2. The number of carbonyl (C=O) groups excluding carboxylic acids is 2. The highest BCUT2D eigenvalue weighted by Crippen LogP contribution is 2.29. The number of hydrogen-bond acceptors (Lipinski definition) is 4. The Morgan fingerprint density at radius 2 is 1.61 bits per heavy atom. The van der Waals surface area contributed by atoms with Crippen molar-refractivity contribution in [3.63, 3.8) is 0 Å². The Labute approximate surface area is 225 Å². The maximum atomic E-state index is 13.5. The predicted molar refractivity (Wildman–Crippen MR) is 146 cm³/mol. The molecule has 0 aromatic heterocycles. The average molecular weight is 538 g/mol. The summed E-state index contributed by atoms with van der Waals surface area (Å²) in [5.74, 6) is 1.11. The van der Waals surface area contributed by atoms with Crippen LogP contribution in [0.2, 0.25) is 10.0 Å². The number of ether oxygens (including phenoxy) is 2. The van der Waals surface area contributed by atoms with Gasteiger partial charge in [-0.2, -0.15) is 0 Å². The van der Waals surface area contributed by atoms with E-state index in [0.717, 1.165) is 24.0 Å². The third-order valence-electron chi connectivity index (χ3n) is 5.79. The number of aryl methyl sites for hydroxylation is 1. The molecule has 36 heavy (non-hydrogen) atoms. The van der Waals surface area contributed by atoms with Crippen LogP contribution < -0.4 is 14.8 Å². The van der Waals surface area contributed by atoms with Crippen LogP contribution in [0.4, 0.5) is 0 Å². The molecule has 2 aromatic carbocycles. The normalized spacial score (nSPS) is 11.6. The van der Waals surface area contributed by atoms with Crippen molar-refractivity contribution < 1.29 is 19.1 Å². The molecule has 0 unspecified atom stereocenters. The van der Waals surface area contributed by atoms with Gasteiger partial charge in [0.1, 0.15) is 6.04 Å². The minimum absolute atomic E-state index is 0.106. The summed E-state index contributed by atoms with van der Waals surface area (Å²) in [5, 5.41) is 3.84. The Kier molecular flexibility index (Phi) is 12.9. The molecule has 0 aliphatic heterocycles. The zero-order valence-electron chi connectivity index (χ0n) is 21.7. The van der Waals surface area contributed by atoms with Crippen LogP contribution >= 0.6 is 23.2 Å². The molecule has 1 atom stereocenters. The van der Waals surface area contributed by atoms with Gasteiger partial charge in [-0.05, 0) is 68.5 Å². The van der Waals surface area contributed by atoms with Gasteiger partial charge in [0.2, 0.25) is 11.8 Å². The zero-order chi connectivity index (χ0) is 26.5. The Hall–Kier alpha value is -2.44. The minimum atomic E-state index is -0.580. The quantitative estimate of drug-likeness (QED) is 0.265. The second-order valence-corrected chi connectivity index (χ2v) is 9.30. The molecule has 0 saturated carbocycles. The maximum Gasteiger partial charge on any atom is 0.242 e. The van der Waals surface area contributed by atoms with Crippen molar-refractivity contribution in [2.24, 2.45) is 0 Å². The van der Waals surface area contributed by atoms with E-state index < -0.39 is 6.04 Å². The molecule has 0 saturated heterocycles. The third kappa shape index (κ3) is 8.90. The van der Waals surface area contributed by atoms with Crippen LogP contribution in [0.3, 0.4) is 0 Å². The van der Waals surface area contributed by atoms with E-state index in [2.05, 4.69) is 12.2 Å². The van der Waals surface area contributed by atoms with E-state index in [-0.39, 0.29) is 24.8 Å². The lowest BCUT2D eigenvalue weighted by atomic mass is 10.1. The number of rotatable bonds is 15. The second-order valence-electron chi connectivity index (χ2n) is 8.49. The molecule has 0 spiro atoms. The van der Waals surface area contributed by atoms with Crippen LogP contribution in [0.25, 0.3) is 0 Å². The van der Waals surface area contributed by atoms with Gasteiger partial charge in [0.05, 0.1) is 23.3 Å². The molecule has 0 radical (unpaired) electrons. The van der Waals surface area contributed by atoms with E-state index in [1.54, 1.807) is 17.0 Å². The average Bonchev–Trinajstić information content (AvgIpc) is 2.86. The van der Waals surface area contributed by atoms with Gasteiger partial charge in [0.25, 0.3) is 0 Å². The van der Waals surface area contributed by atoms with Gasteiger partial charge < -0.3 is 19.7 Å². The fourth-order valence-electron chi connectivity index (χ4n) is 3.91. The smallest absolute Gasteiger partial charge is 0.242 e. The zero-order valence-corrected chi connectivity index (χ0v) is 23.3. The van der Waals surface area contributed by atoms with Crippen LogP contribution in [0.1, 0.15) is 64.5 Å². The lowest BCUT2D eigenvalue weighted by Crippen LogP contribution is -2.49. The molecule has 6 nitrogen and oxygen atoms in total. The number of amides is 2. The highest BCUT2D eigenvalue weighted by Gasteiger charge is 2.28. The largest absolute Gasteiger partial charge is 0.490 e. The van der Waals surface area contributed by atoms with Crippen molar-refractivity contribution in [2.75, 3.05) is 19.8 Å². The van der Waals surface area contributed by atoms with Crippen LogP contribution in [0.15, 0.2) is 36.4 Å². The highest BCUT2D eigenvalue weighted by atomic mass is 35.5. The van der Waals surface area contributed by atoms with E-state index in [0.29, 0.717) is 54.1 Å². The first-order valence-corrected chi connectivity index (χ1v) is 13.5. The summed E-state index contributed by atoms with van der Waals surface area (Å²) >= 11 is 12.3. The molecular formula is C28H38Cl2N2O4. The third-order valence-corrected chi connectivity index (χ3v) is 6.53. The summed E-state index contributed by atoms with van der Waals surface area (Å²) in [5.41, 5.74) is 1.78. The Bertz CT molecular complexity index is 1000. The van der Waals surface area contributed by atoms with Gasteiger partial charge in [-0.15, -0.1) is 0 Å². The molecule has 8 heteroatoms. The number of hydrogen-bond donors (Lipinski definition) is 1. The molecular weight excluding hydrogens is 499 g/mol. The van der Waals surface area contributed by atoms with Gasteiger partial charge >= 0.3 is 0 Å². The molecule has 2 aromatic rings. The number of halogens is 2. The molecule has 0 fully saturated rings. The monoisotopic (exact) mass is 536 g/mol. The summed E-state index contributed by atoms with van der Waals surface area (Å²) in [7, 11) is 0. The molecule has 0 bridgehead atoms. The van der Waals surface area contributed by atoms with Crippen molar-refractivity contribution in [1.82, 2.24) is 10.2 Å². The van der Waals surface area contributed by atoms with Crippen LogP contribution in [0, 0.1) is 0 Å². The lowest BCUT2D eigenvalue weighted by Gasteiger charge is -2.31. The molecule has 0 aliphatic carbocycles. The predicted octanol–water partition coefficient (Wildman–Crippen LogP) is 6.45. The molecule has 2 rings (SSSR count). The summed E-state index contributed by atoms with van der Waals surface area (Å²) in [6, 6.07) is 10.4. The van der Waals surface area contributed by atoms with Gasteiger partial charge in [-0.25, -0.2) is 0 Å². The van der Waals surface area contributed by atoms with Gasteiger partial charge in [0.15, 0.2) is 11.5 Å². The van der Waals surface area contributed by atoms with Gasteiger partial charge in [0, 0.05) is 19.5 Å². The summed E-state index contributed by atoms with van der Waals surface area (Å²) < 4.78 is 11.4. The van der Waals surface area contributed by atoms with Crippen LogP contribution in [-0.4, -0.2) is 42.5 Å². The number of nitrogens with one attached hydrogen (secondary N) is 1. The minimum Gasteiger partial charge on any atom is -0.490 e. The maximum absolute atomic E-state index is 13.5. The summed E-state index contributed by atoms with van der Waals surface area (Å²) in [4.78, 5) is 28.2. The fourth-order valence-corrected chi connectivity index (χ4v) is 4.23. The van der Waals surface area contributed by atoms with E-state index in [9.17, 15) is 9.59 Å². The fraction of sp³-hybridized carbons (Fsp3) is 0.500. The first-order valence-electron chi connectivity index (χ1n) is 12.7. The van der Waals surface area contributed by atoms with E-state index >= 15 is 0 Å².